The average molecular weight is 364 g/mol. The second-order valence-corrected chi connectivity index (χ2v) is 6.83. The quantitative estimate of drug-likeness (QED) is 0.735. The molecule has 1 unspecified atom stereocenters. The molecule has 0 spiro atoms. The molecule has 3 aromatic rings. The Balaban J connectivity index is 2.06. The van der Waals surface area contributed by atoms with Crippen molar-refractivity contribution in [2.24, 2.45) is 0 Å². The molecule has 1 aromatic heterocycles. The van der Waals surface area contributed by atoms with Gasteiger partial charge in [-0.05, 0) is 54.5 Å². The molecule has 27 heavy (non-hydrogen) atoms. The molecule has 0 aliphatic rings. The summed E-state index contributed by atoms with van der Waals surface area (Å²) in [4.78, 5) is 15.0. The third-order valence-electron chi connectivity index (χ3n) is 4.99. The first-order valence-electron chi connectivity index (χ1n) is 8.81. The maximum absolute atomic E-state index is 14.6. The van der Waals surface area contributed by atoms with Crippen molar-refractivity contribution in [2.45, 2.75) is 32.1 Å². The molecule has 3 rings (SSSR count). The molecule has 138 valence electrons. The van der Waals surface area contributed by atoms with Crippen LogP contribution in [0.15, 0.2) is 47.3 Å². The van der Waals surface area contributed by atoms with Gasteiger partial charge in [0.15, 0.2) is 11.6 Å². The Kier molecular flexibility index (Phi) is 5.00. The van der Waals surface area contributed by atoms with E-state index >= 15 is 0 Å². The number of methoxy groups -OCH3 is 1. The second kappa shape index (κ2) is 7.24. The van der Waals surface area contributed by atoms with Crippen LogP contribution in [0.1, 0.15) is 30.5 Å². The fourth-order valence-corrected chi connectivity index (χ4v) is 3.29. The van der Waals surface area contributed by atoms with Crippen LogP contribution in [0, 0.1) is 17.1 Å². The Morgan fingerprint density at radius 3 is 2.67 bits per heavy atom. The van der Waals surface area contributed by atoms with Gasteiger partial charge in [0.1, 0.15) is 0 Å². The maximum atomic E-state index is 14.6. The van der Waals surface area contributed by atoms with Crippen molar-refractivity contribution in [1.29, 1.82) is 5.26 Å². The van der Waals surface area contributed by atoms with E-state index in [1.807, 2.05) is 25.1 Å². The van der Waals surface area contributed by atoms with Gasteiger partial charge in [0, 0.05) is 11.1 Å². The lowest BCUT2D eigenvalue weighted by molar-refractivity contribution is 0.382. The summed E-state index contributed by atoms with van der Waals surface area (Å²) < 4.78 is 19.6. The molecule has 2 aromatic carbocycles. The number of benzene rings is 2. The fraction of sp³-hybridized carbons (Fsp3) is 0.273. The number of aryl methyl sites for hydroxylation is 1. The molecule has 1 N–H and O–H groups in total. The highest BCUT2D eigenvalue weighted by Gasteiger charge is 2.29. The topological polar surface area (TPSA) is 65.9 Å². The van der Waals surface area contributed by atoms with E-state index in [-0.39, 0.29) is 17.7 Å². The summed E-state index contributed by atoms with van der Waals surface area (Å²) >= 11 is 0. The van der Waals surface area contributed by atoms with Gasteiger partial charge in [0.2, 0.25) is 0 Å². The minimum absolute atomic E-state index is 0.125. The van der Waals surface area contributed by atoms with Crippen molar-refractivity contribution in [3.63, 3.8) is 0 Å². The summed E-state index contributed by atoms with van der Waals surface area (Å²) in [6.45, 7) is 3.70. The first-order chi connectivity index (χ1) is 12.9. The van der Waals surface area contributed by atoms with Gasteiger partial charge in [-0.15, -0.1) is 0 Å². The van der Waals surface area contributed by atoms with Crippen molar-refractivity contribution in [1.82, 2.24) is 4.98 Å². The minimum Gasteiger partial charge on any atom is -0.494 e. The molecule has 0 amide bonds. The molecule has 5 heteroatoms. The van der Waals surface area contributed by atoms with Crippen molar-refractivity contribution >= 4 is 10.9 Å². The molecule has 0 radical (unpaired) electrons. The Bertz CT molecular complexity index is 1100. The molecule has 0 aliphatic heterocycles. The van der Waals surface area contributed by atoms with Crippen molar-refractivity contribution in [3.8, 4) is 11.8 Å². The predicted molar refractivity (Wildman–Crippen MR) is 104 cm³/mol. The zero-order valence-corrected chi connectivity index (χ0v) is 15.6. The van der Waals surface area contributed by atoms with E-state index in [4.69, 9.17) is 4.74 Å². The zero-order chi connectivity index (χ0) is 19.6. The number of aromatic amines is 1. The van der Waals surface area contributed by atoms with E-state index in [1.54, 1.807) is 31.2 Å². The van der Waals surface area contributed by atoms with E-state index in [2.05, 4.69) is 11.1 Å². The van der Waals surface area contributed by atoms with Crippen molar-refractivity contribution < 1.29 is 9.13 Å². The predicted octanol–water partition coefficient (Wildman–Crippen LogP) is 4.26. The standard InChI is InChI=1S/C22H21FN2O2/c1-4-14-10-15-8-9-17(11-18(15)25-21(14)26)22(2,13-24)12-16-6-5-7-19(27-3)20(16)23/h5-11H,4,12H2,1-3H3,(H,25,26). The molecule has 0 bridgehead atoms. The highest BCUT2D eigenvalue weighted by Crippen LogP contribution is 2.32. The average Bonchev–Trinajstić information content (AvgIpc) is 2.68. The van der Waals surface area contributed by atoms with Crippen LogP contribution in [0.5, 0.6) is 5.75 Å². The first kappa shape index (κ1) is 18.7. The molecule has 0 fully saturated rings. The Labute approximate surface area is 157 Å². The zero-order valence-electron chi connectivity index (χ0n) is 15.6. The Morgan fingerprint density at radius 1 is 1.22 bits per heavy atom. The van der Waals surface area contributed by atoms with E-state index < -0.39 is 11.2 Å². The Morgan fingerprint density at radius 2 is 2.00 bits per heavy atom. The van der Waals surface area contributed by atoms with E-state index in [0.717, 1.165) is 16.5 Å². The van der Waals surface area contributed by atoms with Gasteiger partial charge >= 0.3 is 0 Å². The van der Waals surface area contributed by atoms with Gasteiger partial charge < -0.3 is 9.72 Å². The molecule has 0 saturated carbocycles. The number of nitrogens with zero attached hydrogens (tertiary/aromatic N) is 1. The van der Waals surface area contributed by atoms with Gasteiger partial charge in [-0.3, -0.25) is 4.79 Å². The van der Waals surface area contributed by atoms with Gasteiger partial charge in [-0.1, -0.05) is 31.2 Å². The van der Waals surface area contributed by atoms with Crippen LogP contribution < -0.4 is 10.3 Å². The minimum atomic E-state index is -0.957. The van der Waals surface area contributed by atoms with Gasteiger partial charge in [0.05, 0.1) is 18.6 Å². The highest BCUT2D eigenvalue weighted by molar-refractivity contribution is 5.80. The molecular formula is C22H21FN2O2. The number of ether oxygens (including phenoxy) is 1. The SMILES string of the molecule is CCc1cc2ccc(C(C)(C#N)Cc3cccc(OC)c3F)cc2[nH]c1=O. The fourth-order valence-electron chi connectivity index (χ4n) is 3.29. The summed E-state index contributed by atoms with van der Waals surface area (Å²) in [6.07, 6.45) is 0.841. The lowest BCUT2D eigenvalue weighted by Gasteiger charge is -2.23. The number of rotatable bonds is 5. The molecule has 0 saturated heterocycles. The maximum Gasteiger partial charge on any atom is 0.251 e. The van der Waals surface area contributed by atoms with E-state index in [9.17, 15) is 14.4 Å². The van der Waals surface area contributed by atoms with E-state index in [1.165, 1.54) is 7.11 Å². The van der Waals surface area contributed by atoms with Crippen molar-refractivity contribution in [3.05, 3.63) is 75.3 Å². The number of hydrogen-bond acceptors (Lipinski definition) is 3. The smallest absolute Gasteiger partial charge is 0.251 e. The van der Waals surface area contributed by atoms with Crippen molar-refractivity contribution in [2.75, 3.05) is 7.11 Å². The molecule has 0 aliphatic carbocycles. The normalized spacial score (nSPS) is 13.1. The molecule has 4 nitrogen and oxygen atoms in total. The summed E-state index contributed by atoms with van der Waals surface area (Å²) in [5.74, 6) is -0.300. The monoisotopic (exact) mass is 364 g/mol. The first-order valence-corrected chi connectivity index (χ1v) is 8.81. The lowest BCUT2D eigenvalue weighted by Crippen LogP contribution is -2.24. The largest absolute Gasteiger partial charge is 0.494 e. The van der Waals surface area contributed by atoms with Crippen LogP contribution in [0.2, 0.25) is 0 Å². The molecule has 1 atom stereocenters. The number of pyridine rings is 1. The molecular weight excluding hydrogens is 343 g/mol. The number of nitrogens with one attached hydrogen (secondary N) is 1. The number of hydrogen-bond donors (Lipinski definition) is 1. The third-order valence-corrected chi connectivity index (χ3v) is 4.99. The summed E-state index contributed by atoms with van der Waals surface area (Å²) in [7, 11) is 1.41. The lowest BCUT2D eigenvalue weighted by atomic mass is 9.78. The van der Waals surface area contributed by atoms with Crippen LogP contribution in [-0.2, 0) is 18.3 Å². The number of H-pyrrole nitrogens is 1. The van der Waals surface area contributed by atoms with Gasteiger partial charge in [0.25, 0.3) is 5.56 Å². The van der Waals surface area contributed by atoms with E-state index in [0.29, 0.717) is 17.5 Å². The summed E-state index contributed by atoms with van der Waals surface area (Å²) in [5.41, 5.74) is 1.44. The van der Waals surface area contributed by atoms with Gasteiger partial charge in [-0.2, -0.15) is 5.26 Å². The summed E-state index contributed by atoms with van der Waals surface area (Å²) in [6, 6.07) is 14.6. The summed E-state index contributed by atoms with van der Waals surface area (Å²) in [5, 5.41) is 10.8. The van der Waals surface area contributed by atoms with Crippen LogP contribution >= 0.6 is 0 Å². The number of fused-ring (bicyclic) bond motifs is 1. The number of halogens is 1. The highest BCUT2D eigenvalue weighted by atomic mass is 19.1. The third kappa shape index (κ3) is 3.43. The van der Waals surface area contributed by atoms with Crippen LogP contribution in [0.4, 0.5) is 4.39 Å². The van der Waals surface area contributed by atoms with Crippen LogP contribution in [-0.4, -0.2) is 12.1 Å². The number of nitriles is 1. The second-order valence-electron chi connectivity index (χ2n) is 6.83. The number of aromatic nitrogens is 1. The molecule has 1 heterocycles. The van der Waals surface area contributed by atoms with Crippen LogP contribution in [0.3, 0.4) is 0 Å². The Hall–Kier alpha value is -3.13. The van der Waals surface area contributed by atoms with Gasteiger partial charge in [-0.25, -0.2) is 4.39 Å². The van der Waals surface area contributed by atoms with Crippen LogP contribution in [0.25, 0.3) is 10.9 Å².